The van der Waals surface area contributed by atoms with Crippen LogP contribution >= 0.6 is 0 Å². The molecule has 1 aromatic carbocycles. The number of nitrogens with one attached hydrogen (secondary N) is 1. The second-order valence-electron chi connectivity index (χ2n) is 9.93. The monoisotopic (exact) mass is 523 g/mol. The Morgan fingerprint density at radius 2 is 2.00 bits per heavy atom. The molecule has 0 atom stereocenters. The molecule has 13 heteroatoms. The van der Waals surface area contributed by atoms with E-state index in [0.717, 1.165) is 0 Å². The summed E-state index contributed by atoms with van der Waals surface area (Å²) in [5, 5.41) is 19.8. The number of hydrogen-bond acceptors (Lipinski definition) is 7. The van der Waals surface area contributed by atoms with E-state index in [2.05, 4.69) is 15.6 Å². The smallest absolute Gasteiger partial charge is 0.435 e. The molecule has 1 amide bonds. The van der Waals surface area contributed by atoms with Crippen molar-refractivity contribution in [2.24, 2.45) is 16.3 Å². The fraction of sp³-hybridized carbons (Fsp3) is 0.500. The van der Waals surface area contributed by atoms with Gasteiger partial charge in [-0.15, -0.1) is 0 Å². The Bertz CT molecular complexity index is 1230. The SMILES string of the molecule is CC1(C)C/C(=N\OCC(=O)O)c2c(C(F)(F)F)nn(-c3ccc(C(N)=O)c(NC4CCOCC4)c3)c2C1. The lowest BCUT2D eigenvalue weighted by atomic mass is 9.75. The number of anilines is 1. The summed E-state index contributed by atoms with van der Waals surface area (Å²) in [7, 11) is 0. The molecule has 0 radical (unpaired) electrons. The topological polar surface area (TPSA) is 141 Å². The van der Waals surface area contributed by atoms with Crippen molar-refractivity contribution in [2.75, 3.05) is 25.1 Å². The summed E-state index contributed by atoms with van der Waals surface area (Å²) in [5.74, 6) is -1.98. The van der Waals surface area contributed by atoms with Gasteiger partial charge < -0.3 is 25.7 Å². The summed E-state index contributed by atoms with van der Waals surface area (Å²) in [6, 6.07) is 4.51. The highest BCUT2D eigenvalue weighted by molar-refractivity contribution is 6.04. The molecule has 1 fully saturated rings. The molecule has 0 spiro atoms. The number of carboxylic acid groups (broad SMARTS) is 1. The van der Waals surface area contributed by atoms with Crippen LogP contribution in [0.4, 0.5) is 18.9 Å². The molecule has 1 aromatic heterocycles. The molecule has 2 aliphatic rings. The Kier molecular flexibility index (Phi) is 7.18. The zero-order valence-electron chi connectivity index (χ0n) is 20.4. The molecule has 0 bridgehead atoms. The molecule has 1 saturated heterocycles. The fourth-order valence-electron chi connectivity index (χ4n) is 4.69. The predicted molar refractivity (Wildman–Crippen MR) is 127 cm³/mol. The lowest BCUT2D eigenvalue weighted by Gasteiger charge is -2.31. The third-order valence-corrected chi connectivity index (χ3v) is 6.29. The van der Waals surface area contributed by atoms with Crippen molar-refractivity contribution in [3.05, 3.63) is 40.7 Å². The number of ether oxygens (including phenoxy) is 1. The number of amides is 1. The molecule has 4 N–H and O–H groups in total. The first kappa shape index (κ1) is 26.5. The summed E-state index contributed by atoms with van der Waals surface area (Å²) < 4.78 is 49.0. The number of benzene rings is 1. The normalized spacial score (nSPS) is 18.9. The number of carbonyl (C=O) groups is 2. The van der Waals surface area contributed by atoms with Crippen molar-refractivity contribution in [3.8, 4) is 5.69 Å². The number of carbonyl (C=O) groups excluding carboxylic acids is 1. The van der Waals surface area contributed by atoms with E-state index in [9.17, 15) is 22.8 Å². The van der Waals surface area contributed by atoms with Gasteiger partial charge in [0.15, 0.2) is 5.69 Å². The van der Waals surface area contributed by atoms with Crippen molar-refractivity contribution < 1.29 is 37.4 Å². The number of carboxylic acids is 1. The molecule has 2 aromatic rings. The first-order valence-corrected chi connectivity index (χ1v) is 11.7. The highest BCUT2D eigenvalue weighted by atomic mass is 19.4. The summed E-state index contributed by atoms with van der Waals surface area (Å²) in [5.41, 5.74) is 4.79. The van der Waals surface area contributed by atoms with E-state index in [1.165, 1.54) is 16.8 Å². The molecule has 200 valence electrons. The molecule has 37 heavy (non-hydrogen) atoms. The molecule has 2 heterocycles. The number of hydrogen-bond donors (Lipinski definition) is 3. The third-order valence-electron chi connectivity index (χ3n) is 6.29. The lowest BCUT2D eigenvalue weighted by molar-refractivity contribution is -0.143. The molecule has 0 saturated carbocycles. The lowest BCUT2D eigenvalue weighted by Crippen LogP contribution is -2.30. The van der Waals surface area contributed by atoms with Crippen LogP contribution in [0.3, 0.4) is 0 Å². The van der Waals surface area contributed by atoms with E-state index in [1.54, 1.807) is 6.07 Å². The van der Waals surface area contributed by atoms with Gasteiger partial charge in [-0.25, -0.2) is 9.48 Å². The van der Waals surface area contributed by atoms with Crippen molar-refractivity contribution in [3.63, 3.8) is 0 Å². The highest BCUT2D eigenvalue weighted by Gasteiger charge is 2.45. The van der Waals surface area contributed by atoms with Crippen LogP contribution in [0.2, 0.25) is 0 Å². The summed E-state index contributed by atoms with van der Waals surface area (Å²) in [6.45, 7) is 4.03. The van der Waals surface area contributed by atoms with Crippen LogP contribution in [0.5, 0.6) is 0 Å². The minimum Gasteiger partial charge on any atom is -0.479 e. The first-order valence-electron chi connectivity index (χ1n) is 11.7. The number of rotatable bonds is 7. The first-order chi connectivity index (χ1) is 17.4. The van der Waals surface area contributed by atoms with Crippen LogP contribution in [-0.4, -0.2) is 58.3 Å². The standard InChI is InChI=1S/C24H28F3N5O5/c1-23(2)10-17(31-37-12-19(33)34)20-18(11-23)32(30-21(20)24(25,26)27)14-3-4-15(22(28)35)16(9-14)29-13-5-7-36-8-6-13/h3-4,9,13,29H,5-8,10-12H2,1-2H3,(H2,28,35)(H,33,34)/b31-17+. The fourth-order valence-corrected chi connectivity index (χ4v) is 4.69. The van der Waals surface area contributed by atoms with Crippen LogP contribution in [-0.2, 0) is 27.0 Å². The summed E-state index contributed by atoms with van der Waals surface area (Å²) in [6.07, 6.45) is -3.04. The van der Waals surface area contributed by atoms with Crippen LogP contribution in [0, 0.1) is 5.41 Å². The third kappa shape index (κ3) is 5.87. The van der Waals surface area contributed by atoms with E-state index in [4.69, 9.17) is 20.4 Å². The van der Waals surface area contributed by atoms with E-state index < -0.39 is 35.8 Å². The second kappa shape index (κ2) is 10.0. The maximum Gasteiger partial charge on any atom is 0.435 e. The van der Waals surface area contributed by atoms with Gasteiger partial charge in [0.05, 0.1) is 28.2 Å². The van der Waals surface area contributed by atoms with Crippen molar-refractivity contribution in [2.45, 2.75) is 51.7 Å². The predicted octanol–water partition coefficient (Wildman–Crippen LogP) is 3.36. The van der Waals surface area contributed by atoms with Gasteiger partial charge in [-0.05, 0) is 49.3 Å². The van der Waals surface area contributed by atoms with Gasteiger partial charge in [0.1, 0.15) is 0 Å². The average molecular weight is 524 g/mol. The number of primary amides is 1. The van der Waals surface area contributed by atoms with Gasteiger partial charge >= 0.3 is 12.1 Å². The number of aliphatic carboxylic acids is 1. The minimum absolute atomic E-state index is 0.00317. The van der Waals surface area contributed by atoms with Gasteiger partial charge in [-0.3, -0.25) is 4.79 Å². The Morgan fingerprint density at radius 1 is 1.30 bits per heavy atom. The van der Waals surface area contributed by atoms with Gasteiger partial charge in [0, 0.05) is 24.9 Å². The molecule has 10 nitrogen and oxygen atoms in total. The van der Waals surface area contributed by atoms with E-state index in [1.807, 2.05) is 13.8 Å². The summed E-state index contributed by atoms with van der Waals surface area (Å²) in [4.78, 5) is 27.7. The van der Waals surface area contributed by atoms with Gasteiger partial charge in [0.25, 0.3) is 5.91 Å². The maximum absolute atomic E-state index is 14.1. The second-order valence-corrected chi connectivity index (χ2v) is 9.93. The Labute approximate surface area is 210 Å². The van der Waals surface area contributed by atoms with Crippen LogP contribution in [0.15, 0.2) is 23.4 Å². The van der Waals surface area contributed by atoms with Gasteiger partial charge in [-0.1, -0.05) is 19.0 Å². The molecular formula is C24H28F3N5O5. The molecule has 0 unspecified atom stereocenters. The number of nitrogens with two attached hydrogens (primary N) is 1. The van der Waals surface area contributed by atoms with Crippen molar-refractivity contribution in [1.82, 2.24) is 9.78 Å². The van der Waals surface area contributed by atoms with Gasteiger partial charge in [0.2, 0.25) is 6.61 Å². The molecule has 1 aliphatic carbocycles. The number of fused-ring (bicyclic) bond motifs is 1. The van der Waals surface area contributed by atoms with E-state index in [-0.39, 0.29) is 41.4 Å². The van der Waals surface area contributed by atoms with E-state index >= 15 is 0 Å². The Morgan fingerprint density at radius 3 is 2.62 bits per heavy atom. The number of halogens is 3. The van der Waals surface area contributed by atoms with Crippen molar-refractivity contribution >= 4 is 23.3 Å². The zero-order valence-corrected chi connectivity index (χ0v) is 20.4. The summed E-state index contributed by atoms with van der Waals surface area (Å²) >= 11 is 0. The van der Waals surface area contributed by atoms with Crippen LogP contribution in [0.1, 0.15) is 60.4 Å². The van der Waals surface area contributed by atoms with Crippen LogP contribution < -0.4 is 11.1 Å². The maximum atomic E-state index is 14.1. The average Bonchev–Trinajstić information content (AvgIpc) is 3.18. The minimum atomic E-state index is -4.80. The number of aromatic nitrogens is 2. The number of oxime groups is 1. The quantitative estimate of drug-likeness (QED) is 0.473. The Hall–Kier alpha value is -3.61. The largest absolute Gasteiger partial charge is 0.479 e. The number of nitrogens with zero attached hydrogens (tertiary/aromatic N) is 3. The van der Waals surface area contributed by atoms with Crippen LogP contribution in [0.25, 0.3) is 5.69 Å². The molecular weight excluding hydrogens is 495 g/mol. The molecule has 4 rings (SSSR count). The number of alkyl halides is 3. The van der Waals surface area contributed by atoms with E-state index in [0.29, 0.717) is 37.4 Å². The zero-order chi connectivity index (χ0) is 27.0. The van der Waals surface area contributed by atoms with Crippen molar-refractivity contribution in [1.29, 1.82) is 0 Å². The van der Waals surface area contributed by atoms with Gasteiger partial charge in [-0.2, -0.15) is 18.3 Å². The highest BCUT2D eigenvalue weighted by Crippen LogP contribution is 2.42. The molecule has 1 aliphatic heterocycles. The Balaban J connectivity index is 1.84.